The number of rotatable bonds is 7. The quantitative estimate of drug-likeness (QED) is 0.443. The van der Waals surface area contributed by atoms with Crippen LogP contribution in [0.25, 0.3) is 5.57 Å². The van der Waals surface area contributed by atoms with Gasteiger partial charge in [0.25, 0.3) is 0 Å². The number of thiocarbonyl (C=S) groups is 1. The monoisotopic (exact) mass is 312 g/mol. The summed E-state index contributed by atoms with van der Waals surface area (Å²) in [5.41, 5.74) is 4.09. The van der Waals surface area contributed by atoms with Crippen LogP contribution < -0.4 is 0 Å². The molecule has 0 aromatic heterocycles. The molecule has 108 valence electrons. The van der Waals surface area contributed by atoms with E-state index < -0.39 is 0 Å². The first kappa shape index (κ1) is 16.0. The van der Waals surface area contributed by atoms with Gasteiger partial charge >= 0.3 is 0 Å². The highest BCUT2D eigenvalue weighted by Gasteiger charge is 2.07. The Morgan fingerprint density at radius 2 is 1.76 bits per heavy atom. The third kappa shape index (κ3) is 4.83. The normalized spacial score (nSPS) is 11.4. The number of benzene rings is 2. The molecule has 2 aromatic rings. The van der Waals surface area contributed by atoms with E-state index in [1.54, 1.807) is 0 Å². The maximum Gasteiger partial charge on any atom is 0.0232 e. The molecule has 0 aliphatic rings. The van der Waals surface area contributed by atoms with Gasteiger partial charge in [-0.2, -0.15) is 0 Å². The van der Waals surface area contributed by atoms with Gasteiger partial charge in [-0.05, 0) is 47.9 Å². The van der Waals surface area contributed by atoms with Crippen molar-refractivity contribution in [3.63, 3.8) is 0 Å². The second-order valence-electron chi connectivity index (χ2n) is 4.79. The second kappa shape index (κ2) is 8.81. The van der Waals surface area contributed by atoms with E-state index in [0.717, 1.165) is 18.6 Å². The number of thioether (sulfide) groups is 1. The number of hydrogen-bond donors (Lipinski definition) is 0. The van der Waals surface area contributed by atoms with Crippen LogP contribution in [0.2, 0.25) is 0 Å². The smallest absolute Gasteiger partial charge is 0.0232 e. The van der Waals surface area contributed by atoms with Crippen LogP contribution >= 0.6 is 24.0 Å². The highest BCUT2D eigenvalue weighted by molar-refractivity contribution is 7.98. The third-order valence-corrected chi connectivity index (χ3v) is 4.73. The van der Waals surface area contributed by atoms with Crippen LogP contribution in [-0.4, -0.2) is 5.37 Å². The lowest BCUT2D eigenvalue weighted by Crippen LogP contribution is -1.90. The molecule has 0 nitrogen and oxygen atoms in total. The van der Waals surface area contributed by atoms with Crippen molar-refractivity contribution in [1.29, 1.82) is 0 Å². The highest BCUT2D eigenvalue weighted by atomic mass is 32.2. The fourth-order valence-electron chi connectivity index (χ4n) is 2.24. The summed E-state index contributed by atoms with van der Waals surface area (Å²) >= 11 is 6.86. The van der Waals surface area contributed by atoms with E-state index in [0.29, 0.717) is 0 Å². The number of allylic oxidation sites excluding steroid dienone is 2. The van der Waals surface area contributed by atoms with Crippen LogP contribution in [0.5, 0.6) is 0 Å². The zero-order valence-corrected chi connectivity index (χ0v) is 13.9. The predicted octanol–water partition coefficient (Wildman–Crippen LogP) is 6.16. The van der Waals surface area contributed by atoms with Gasteiger partial charge < -0.3 is 0 Å². The summed E-state index contributed by atoms with van der Waals surface area (Å²) in [7, 11) is 0. The van der Waals surface area contributed by atoms with Crippen molar-refractivity contribution in [2.24, 2.45) is 0 Å². The third-order valence-electron chi connectivity index (χ3n) is 3.35. The Kier molecular flexibility index (Phi) is 6.71. The van der Waals surface area contributed by atoms with Crippen molar-refractivity contribution in [2.75, 3.05) is 0 Å². The molecule has 21 heavy (non-hydrogen) atoms. The lowest BCUT2D eigenvalue weighted by Gasteiger charge is -2.12. The average Bonchev–Trinajstić information content (AvgIpc) is 2.55. The van der Waals surface area contributed by atoms with Gasteiger partial charge in [-0.1, -0.05) is 66.8 Å². The molecule has 0 saturated carbocycles. The van der Waals surface area contributed by atoms with E-state index in [-0.39, 0.29) is 0 Å². The van der Waals surface area contributed by atoms with Crippen molar-refractivity contribution in [3.8, 4) is 0 Å². The molecule has 0 heterocycles. The van der Waals surface area contributed by atoms with E-state index in [2.05, 4.69) is 67.6 Å². The van der Waals surface area contributed by atoms with E-state index in [9.17, 15) is 0 Å². The summed E-state index contributed by atoms with van der Waals surface area (Å²) < 4.78 is 0. The second-order valence-corrected chi connectivity index (χ2v) is 6.14. The van der Waals surface area contributed by atoms with Crippen LogP contribution in [0.3, 0.4) is 0 Å². The summed E-state index contributed by atoms with van der Waals surface area (Å²) in [4.78, 5) is 1.35. The molecule has 0 amide bonds. The van der Waals surface area contributed by atoms with Gasteiger partial charge in [0.1, 0.15) is 0 Å². The zero-order chi connectivity index (χ0) is 14.9. The Morgan fingerprint density at radius 3 is 2.48 bits per heavy atom. The summed E-state index contributed by atoms with van der Waals surface area (Å²) in [6.45, 7) is 2.11. The molecule has 0 spiro atoms. The molecule has 0 N–H and O–H groups in total. The molecule has 0 aliphatic carbocycles. The molecule has 0 saturated heterocycles. The van der Waals surface area contributed by atoms with Crippen molar-refractivity contribution < 1.29 is 0 Å². The SMILES string of the molecule is C/C=C(/CCC=S)c1ccccc1SCc1ccccc1. The minimum atomic E-state index is 0.951. The summed E-state index contributed by atoms with van der Waals surface area (Å²) in [5, 5.41) is 1.82. The van der Waals surface area contributed by atoms with Crippen LogP contribution in [0.15, 0.2) is 65.6 Å². The highest BCUT2D eigenvalue weighted by Crippen LogP contribution is 2.32. The minimum Gasteiger partial charge on any atom is -0.121 e. The largest absolute Gasteiger partial charge is 0.121 e. The van der Waals surface area contributed by atoms with Gasteiger partial charge in [-0.3, -0.25) is 0 Å². The standard InChI is InChI=1S/C19H20S2/c1-2-17(11-8-14-20)18-12-6-7-13-19(18)21-15-16-9-4-3-5-10-16/h2-7,9-10,12-14H,8,11,15H2,1H3/b17-2-. The molecule has 0 fully saturated rings. The van der Waals surface area contributed by atoms with Gasteiger partial charge in [0, 0.05) is 10.6 Å². The average molecular weight is 313 g/mol. The molecule has 0 bridgehead atoms. The van der Waals surface area contributed by atoms with Crippen LogP contribution in [0.4, 0.5) is 0 Å². The maximum atomic E-state index is 4.96. The van der Waals surface area contributed by atoms with Crippen molar-refractivity contribution in [1.82, 2.24) is 0 Å². The molecule has 2 aromatic carbocycles. The Hall–Kier alpha value is -1.38. The minimum absolute atomic E-state index is 0.951. The summed E-state index contributed by atoms with van der Waals surface area (Å²) in [6.07, 6.45) is 4.18. The van der Waals surface area contributed by atoms with Gasteiger partial charge in [-0.15, -0.1) is 11.8 Å². The number of hydrogen-bond acceptors (Lipinski definition) is 2. The molecule has 2 heteroatoms. The van der Waals surface area contributed by atoms with Crippen molar-refractivity contribution in [2.45, 2.75) is 30.4 Å². The topological polar surface area (TPSA) is 0 Å². The van der Waals surface area contributed by atoms with Gasteiger partial charge in [-0.25, -0.2) is 0 Å². The van der Waals surface area contributed by atoms with Crippen molar-refractivity contribution in [3.05, 3.63) is 71.8 Å². The van der Waals surface area contributed by atoms with Crippen LogP contribution in [-0.2, 0) is 5.75 Å². The fourth-order valence-corrected chi connectivity index (χ4v) is 3.40. The first-order chi connectivity index (χ1) is 10.3. The first-order valence-electron chi connectivity index (χ1n) is 7.20. The molecule has 0 radical (unpaired) electrons. The molecular weight excluding hydrogens is 292 g/mol. The maximum absolute atomic E-state index is 4.96. The zero-order valence-electron chi connectivity index (χ0n) is 12.3. The predicted molar refractivity (Wildman–Crippen MR) is 99.0 cm³/mol. The fraction of sp³-hybridized carbons (Fsp3) is 0.211. The Bertz CT molecular complexity index is 600. The Labute approximate surface area is 137 Å². The molecular formula is C19H20S2. The first-order valence-corrected chi connectivity index (χ1v) is 8.65. The lowest BCUT2D eigenvalue weighted by molar-refractivity contribution is 1.13. The molecule has 0 aliphatic heterocycles. The molecule has 2 rings (SSSR count). The van der Waals surface area contributed by atoms with Gasteiger partial charge in [0.05, 0.1) is 0 Å². The van der Waals surface area contributed by atoms with E-state index in [1.165, 1.54) is 21.6 Å². The van der Waals surface area contributed by atoms with E-state index >= 15 is 0 Å². The van der Waals surface area contributed by atoms with Crippen LogP contribution in [0.1, 0.15) is 30.9 Å². The van der Waals surface area contributed by atoms with Gasteiger partial charge in [0.2, 0.25) is 0 Å². The Balaban J connectivity index is 2.14. The summed E-state index contributed by atoms with van der Waals surface area (Å²) in [6, 6.07) is 19.3. The summed E-state index contributed by atoms with van der Waals surface area (Å²) in [5.74, 6) is 1.00. The van der Waals surface area contributed by atoms with E-state index in [1.807, 2.05) is 17.1 Å². The van der Waals surface area contributed by atoms with E-state index in [4.69, 9.17) is 12.2 Å². The van der Waals surface area contributed by atoms with Crippen LogP contribution in [0, 0.1) is 0 Å². The Morgan fingerprint density at radius 1 is 1.05 bits per heavy atom. The lowest BCUT2D eigenvalue weighted by atomic mass is 10.0. The van der Waals surface area contributed by atoms with Crippen molar-refractivity contribution >= 4 is 34.9 Å². The molecule has 0 atom stereocenters. The van der Waals surface area contributed by atoms with Gasteiger partial charge in [0.15, 0.2) is 0 Å². The molecule has 0 unspecified atom stereocenters.